The number of para-hydroxylation sites is 1. The minimum atomic E-state index is -3.92. The molecule has 1 aromatic heterocycles. The Balaban J connectivity index is 1.91. The molecule has 2 N–H and O–H groups in total. The van der Waals surface area contributed by atoms with Crippen molar-refractivity contribution in [1.29, 1.82) is 0 Å². The molecule has 2 aromatic carbocycles. The average Bonchev–Trinajstić information content (AvgIpc) is 2.66. The summed E-state index contributed by atoms with van der Waals surface area (Å²) in [6.07, 6.45) is 1.37. The van der Waals surface area contributed by atoms with Gasteiger partial charge in [-0.25, -0.2) is 13.1 Å². The van der Waals surface area contributed by atoms with E-state index in [-0.39, 0.29) is 23.6 Å². The molecule has 0 aliphatic carbocycles. The minimum absolute atomic E-state index is 0.0446. The van der Waals surface area contributed by atoms with Gasteiger partial charge in [0.05, 0.1) is 19.0 Å². The number of aliphatic carboxylic acids is 1. The van der Waals surface area contributed by atoms with Gasteiger partial charge >= 0.3 is 5.97 Å². The number of ether oxygens (including phenoxy) is 1. The number of hydrogen-bond acceptors (Lipinski definition) is 5. The van der Waals surface area contributed by atoms with Gasteiger partial charge < -0.3 is 9.84 Å². The monoisotopic (exact) mass is 386 g/mol. The van der Waals surface area contributed by atoms with E-state index >= 15 is 0 Å². The van der Waals surface area contributed by atoms with Crippen molar-refractivity contribution in [2.45, 2.75) is 17.9 Å². The molecule has 0 fully saturated rings. The van der Waals surface area contributed by atoms with E-state index in [1.165, 1.54) is 25.3 Å². The summed E-state index contributed by atoms with van der Waals surface area (Å²) >= 11 is 0. The number of benzene rings is 2. The second-order valence-corrected chi connectivity index (χ2v) is 7.61. The van der Waals surface area contributed by atoms with Gasteiger partial charge in [0.1, 0.15) is 10.6 Å². The van der Waals surface area contributed by atoms with E-state index in [2.05, 4.69) is 9.71 Å². The fourth-order valence-corrected chi connectivity index (χ4v) is 4.00. The summed E-state index contributed by atoms with van der Waals surface area (Å²) in [6.45, 7) is 0.0446. The lowest BCUT2D eigenvalue weighted by molar-refractivity contribution is -0.136. The zero-order valence-electron chi connectivity index (χ0n) is 14.5. The fraction of sp³-hybridized carbons (Fsp3) is 0.158. The van der Waals surface area contributed by atoms with Crippen LogP contribution >= 0.6 is 0 Å². The molecule has 0 amide bonds. The molecule has 140 valence electrons. The molecule has 0 unspecified atom stereocenters. The number of nitrogens with zero attached hydrogens (tertiary/aromatic N) is 1. The molecular formula is C19H18N2O5S. The summed E-state index contributed by atoms with van der Waals surface area (Å²) in [7, 11) is -2.56. The van der Waals surface area contributed by atoms with Crippen LogP contribution in [-0.4, -0.2) is 31.6 Å². The molecule has 0 radical (unpaired) electrons. The maximum Gasteiger partial charge on any atom is 0.307 e. The van der Waals surface area contributed by atoms with Crippen molar-refractivity contribution >= 4 is 26.9 Å². The summed E-state index contributed by atoms with van der Waals surface area (Å²) < 4.78 is 33.3. The Morgan fingerprint density at radius 1 is 1.19 bits per heavy atom. The van der Waals surface area contributed by atoms with E-state index in [0.29, 0.717) is 11.1 Å². The Morgan fingerprint density at radius 3 is 2.70 bits per heavy atom. The van der Waals surface area contributed by atoms with Crippen molar-refractivity contribution in [3.8, 4) is 5.75 Å². The second-order valence-electron chi connectivity index (χ2n) is 5.87. The lowest BCUT2D eigenvalue weighted by atomic mass is 10.1. The highest BCUT2D eigenvalue weighted by molar-refractivity contribution is 7.89. The van der Waals surface area contributed by atoms with Crippen LogP contribution < -0.4 is 9.46 Å². The second kappa shape index (κ2) is 7.73. The van der Waals surface area contributed by atoms with Gasteiger partial charge in [-0.2, -0.15) is 0 Å². The van der Waals surface area contributed by atoms with E-state index in [9.17, 15) is 13.2 Å². The first-order chi connectivity index (χ1) is 12.9. The van der Waals surface area contributed by atoms with Crippen LogP contribution in [-0.2, 0) is 27.8 Å². The lowest BCUT2D eigenvalue weighted by Crippen LogP contribution is -2.24. The van der Waals surface area contributed by atoms with Gasteiger partial charge in [0.25, 0.3) is 0 Å². The summed E-state index contributed by atoms with van der Waals surface area (Å²) in [5.74, 6) is -0.897. The van der Waals surface area contributed by atoms with Crippen LogP contribution in [0.4, 0.5) is 0 Å². The Bertz CT molecular complexity index is 1090. The number of carboxylic acid groups (broad SMARTS) is 1. The number of carbonyl (C=O) groups is 1. The van der Waals surface area contributed by atoms with E-state index < -0.39 is 16.0 Å². The summed E-state index contributed by atoms with van der Waals surface area (Å²) in [5.41, 5.74) is 1.82. The van der Waals surface area contributed by atoms with Crippen LogP contribution in [0, 0.1) is 0 Å². The molecule has 0 bridgehead atoms. The van der Waals surface area contributed by atoms with Gasteiger partial charge in [0, 0.05) is 18.1 Å². The topological polar surface area (TPSA) is 106 Å². The van der Waals surface area contributed by atoms with Gasteiger partial charge in [-0.15, -0.1) is 0 Å². The fourth-order valence-electron chi connectivity index (χ4n) is 2.78. The number of pyridine rings is 1. The Morgan fingerprint density at radius 2 is 1.96 bits per heavy atom. The van der Waals surface area contributed by atoms with Gasteiger partial charge in [0.15, 0.2) is 0 Å². The van der Waals surface area contributed by atoms with E-state index in [1.807, 2.05) is 24.3 Å². The maximum atomic E-state index is 12.8. The molecule has 3 rings (SSSR count). The lowest BCUT2D eigenvalue weighted by Gasteiger charge is -2.13. The van der Waals surface area contributed by atoms with Crippen LogP contribution in [0.2, 0.25) is 0 Å². The zero-order chi connectivity index (χ0) is 19.4. The van der Waals surface area contributed by atoms with E-state index in [0.717, 1.165) is 10.9 Å². The van der Waals surface area contributed by atoms with Crippen LogP contribution in [0.5, 0.6) is 5.75 Å². The zero-order valence-corrected chi connectivity index (χ0v) is 15.4. The predicted molar refractivity (Wildman–Crippen MR) is 100 cm³/mol. The number of carboxylic acids is 1. The molecule has 1 heterocycles. The molecular weight excluding hydrogens is 368 g/mol. The Hall–Kier alpha value is -2.97. The molecule has 0 saturated carbocycles. The number of rotatable bonds is 7. The number of methoxy groups -OCH3 is 1. The van der Waals surface area contributed by atoms with Gasteiger partial charge in [-0.1, -0.05) is 30.3 Å². The third-order valence-electron chi connectivity index (χ3n) is 4.04. The van der Waals surface area contributed by atoms with Crippen molar-refractivity contribution in [3.63, 3.8) is 0 Å². The smallest absolute Gasteiger partial charge is 0.307 e. The maximum absolute atomic E-state index is 12.8. The quantitative estimate of drug-likeness (QED) is 0.646. The third-order valence-corrected chi connectivity index (χ3v) is 5.46. The highest BCUT2D eigenvalue weighted by Crippen LogP contribution is 2.26. The van der Waals surface area contributed by atoms with Crippen molar-refractivity contribution in [3.05, 3.63) is 65.9 Å². The van der Waals surface area contributed by atoms with Crippen LogP contribution in [0.15, 0.2) is 59.6 Å². The van der Waals surface area contributed by atoms with Crippen LogP contribution in [0.3, 0.4) is 0 Å². The molecule has 0 aliphatic heterocycles. The summed E-state index contributed by atoms with van der Waals surface area (Å²) in [5, 5.41) is 9.85. The standard InChI is InChI=1S/C19H18N2O5S/c1-26-16-8-7-13(11-18(22)23)10-17(16)27(24,25)21-12-15-5-2-4-14-6-3-9-20-19(14)15/h2-10,21H,11-12H2,1H3,(H,22,23). The van der Waals surface area contributed by atoms with Crippen molar-refractivity contribution < 1.29 is 23.1 Å². The number of fused-ring (bicyclic) bond motifs is 1. The highest BCUT2D eigenvalue weighted by atomic mass is 32.2. The van der Waals surface area contributed by atoms with Crippen LogP contribution in [0.1, 0.15) is 11.1 Å². The molecule has 8 heteroatoms. The third kappa shape index (κ3) is 4.24. The average molecular weight is 386 g/mol. The molecule has 27 heavy (non-hydrogen) atoms. The normalized spacial score (nSPS) is 11.4. The van der Waals surface area contributed by atoms with Gasteiger partial charge in [-0.3, -0.25) is 9.78 Å². The summed E-state index contributed by atoms with van der Waals surface area (Å²) in [6, 6.07) is 13.5. The molecule has 0 saturated heterocycles. The number of sulfonamides is 1. The highest BCUT2D eigenvalue weighted by Gasteiger charge is 2.21. The first-order valence-electron chi connectivity index (χ1n) is 8.12. The Labute approximate surface area is 156 Å². The SMILES string of the molecule is COc1ccc(CC(=O)O)cc1S(=O)(=O)NCc1cccc2cccnc12. The number of nitrogens with one attached hydrogen (secondary N) is 1. The predicted octanol–water partition coefficient (Wildman–Crippen LogP) is 2.35. The number of hydrogen-bond donors (Lipinski definition) is 2. The van der Waals surface area contributed by atoms with Crippen molar-refractivity contribution in [1.82, 2.24) is 9.71 Å². The van der Waals surface area contributed by atoms with E-state index in [1.54, 1.807) is 12.3 Å². The Kier molecular flexibility index (Phi) is 5.38. The number of aromatic nitrogens is 1. The summed E-state index contributed by atoms with van der Waals surface area (Å²) in [4.78, 5) is 15.1. The first-order valence-corrected chi connectivity index (χ1v) is 9.60. The minimum Gasteiger partial charge on any atom is -0.495 e. The van der Waals surface area contributed by atoms with Gasteiger partial charge in [0.2, 0.25) is 10.0 Å². The molecule has 3 aromatic rings. The molecule has 0 atom stereocenters. The van der Waals surface area contributed by atoms with Gasteiger partial charge in [-0.05, 0) is 29.3 Å². The molecule has 0 aliphatic rings. The molecule has 0 spiro atoms. The largest absolute Gasteiger partial charge is 0.495 e. The van der Waals surface area contributed by atoms with Crippen molar-refractivity contribution in [2.24, 2.45) is 0 Å². The van der Waals surface area contributed by atoms with Crippen LogP contribution in [0.25, 0.3) is 10.9 Å². The molecule has 7 nitrogen and oxygen atoms in total. The van der Waals surface area contributed by atoms with E-state index in [4.69, 9.17) is 9.84 Å². The van der Waals surface area contributed by atoms with Crippen molar-refractivity contribution in [2.75, 3.05) is 7.11 Å². The first kappa shape index (κ1) is 18.8.